The maximum absolute atomic E-state index is 14.6. The average molecular weight is 529 g/mol. The van der Waals surface area contributed by atoms with E-state index in [4.69, 9.17) is 0 Å². The van der Waals surface area contributed by atoms with Crippen LogP contribution in [0.3, 0.4) is 0 Å². The fourth-order valence-electron chi connectivity index (χ4n) is 4.29. The molecule has 4 rings (SSSR count). The molecule has 0 aliphatic carbocycles. The molecular formula is C24H22F6N4OS. The van der Waals surface area contributed by atoms with Crippen molar-refractivity contribution >= 4 is 23.1 Å². The number of hydrogen-bond acceptors (Lipinski definition) is 5. The van der Waals surface area contributed by atoms with Gasteiger partial charge in [0.25, 0.3) is 11.8 Å². The lowest BCUT2D eigenvalue weighted by atomic mass is 9.88. The van der Waals surface area contributed by atoms with E-state index in [1.807, 2.05) is 0 Å². The van der Waals surface area contributed by atoms with Crippen molar-refractivity contribution in [2.24, 2.45) is 5.92 Å². The van der Waals surface area contributed by atoms with Gasteiger partial charge in [-0.3, -0.25) is 4.79 Å². The van der Waals surface area contributed by atoms with Gasteiger partial charge in [-0.05, 0) is 42.7 Å². The van der Waals surface area contributed by atoms with Crippen molar-refractivity contribution in [2.75, 3.05) is 18.4 Å². The number of alkyl halides is 5. The molecule has 36 heavy (non-hydrogen) atoms. The molecule has 1 aliphatic rings. The number of carbonyl (C=O) groups is 1. The highest BCUT2D eigenvalue weighted by Crippen LogP contribution is 2.38. The number of piperidine rings is 1. The topological polar surface area (TPSA) is 58.1 Å². The number of rotatable bonds is 5. The summed E-state index contributed by atoms with van der Waals surface area (Å²) in [5.74, 6) is -4.90. The third-order valence-electron chi connectivity index (χ3n) is 5.95. The predicted octanol–water partition coefficient (Wildman–Crippen LogP) is 6.27. The molecular weight excluding hydrogens is 506 g/mol. The van der Waals surface area contributed by atoms with Crippen LogP contribution in [-0.4, -0.2) is 45.8 Å². The molecule has 0 bridgehead atoms. The number of amides is 1. The molecule has 1 aromatic carbocycles. The van der Waals surface area contributed by atoms with Crippen molar-refractivity contribution in [3.05, 3.63) is 64.7 Å². The first-order valence-corrected chi connectivity index (χ1v) is 11.8. The summed E-state index contributed by atoms with van der Waals surface area (Å²) in [7, 11) is 0. The zero-order chi connectivity index (χ0) is 26.3. The Kier molecular flexibility index (Phi) is 7.00. The summed E-state index contributed by atoms with van der Waals surface area (Å²) in [6.07, 6.45) is -4.33. The summed E-state index contributed by atoms with van der Waals surface area (Å²) in [5.41, 5.74) is -0.561. The minimum Gasteiger partial charge on any atom is -0.368 e. The van der Waals surface area contributed by atoms with Crippen LogP contribution in [0.15, 0.2) is 42.6 Å². The van der Waals surface area contributed by atoms with Crippen LogP contribution in [0, 0.1) is 18.7 Å². The Labute approximate surface area is 207 Å². The summed E-state index contributed by atoms with van der Waals surface area (Å²) in [6.45, 7) is 2.38. The maximum atomic E-state index is 14.6. The predicted molar refractivity (Wildman–Crippen MR) is 124 cm³/mol. The fraction of sp³-hybridized carbons (Fsp3) is 0.375. The Morgan fingerprint density at radius 2 is 2.00 bits per heavy atom. The minimum absolute atomic E-state index is 0.0141. The van der Waals surface area contributed by atoms with Gasteiger partial charge < -0.3 is 10.2 Å². The Balaban J connectivity index is 1.61. The first kappa shape index (κ1) is 25.9. The SMILES string of the molecule is Cc1nc(C(=O)N2CC(F)(F)C[C@@H](C)C2CNc2ccc(C(F)(F)F)cn2)c(-c2cccc(F)c2)s1. The zero-order valence-electron chi connectivity index (χ0n) is 19.2. The van der Waals surface area contributed by atoms with Crippen molar-refractivity contribution in [2.45, 2.75) is 38.4 Å². The fourth-order valence-corrected chi connectivity index (χ4v) is 5.19. The number of thiazole rings is 1. The van der Waals surface area contributed by atoms with Gasteiger partial charge in [-0.1, -0.05) is 19.1 Å². The Morgan fingerprint density at radius 1 is 1.25 bits per heavy atom. The zero-order valence-corrected chi connectivity index (χ0v) is 20.1. The van der Waals surface area contributed by atoms with Gasteiger partial charge in [0.2, 0.25) is 0 Å². The van der Waals surface area contributed by atoms with Crippen molar-refractivity contribution < 1.29 is 31.1 Å². The van der Waals surface area contributed by atoms with E-state index in [-0.39, 0.29) is 18.1 Å². The molecule has 1 aliphatic heterocycles. The molecule has 1 fully saturated rings. The molecule has 0 radical (unpaired) electrons. The molecule has 3 heterocycles. The lowest BCUT2D eigenvalue weighted by Crippen LogP contribution is -2.57. The largest absolute Gasteiger partial charge is 0.417 e. The molecule has 12 heteroatoms. The van der Waals surface area contributed by atoms with Gasteiger partial charge in [0.15, 0.2) is 0 Å². The molecule has 0 saturated carbocycles. The molecule has 0 spiro atoms. The lowest BCUT2D eigenvalue weighted by molar-refractivity contribution is -0.137. The van der Waals surface area contributed by atoms with E-state index in [9.17, 15) is 31.1 Å². The molecule has 2 atom stereocenters. The van der Waals surface area contributed by atoms with Crippen LogP contribution < -0.4 is 5.32 Å². The van der Waals surface area contributed by atoms with Crippen molar-refractivity contribution in [1.29, 1.82) is 0 Å². The second kappa shape index (κ2) is 9.72. The van der Waals surface area contributed by atoms with Crippen LogP contribution in [0.5, 0.6) is 0 Å². The number of halogens is 6. The highest BCUT2D eigenvalue weighted by atomic mass is 32.1. The Bertz CT molecular complexity index is 1240. The van der Waals surface area contributed by atoms with Crippen LogP contribution in [0.4, 0.5) is 32.2 Å². The minimum atomic E-state index is -4.54. The molecule has 2 aromatic heterocycles. The van der Waals surface area contributed by atoms with Crippen LogP contribution in [-0.2, 0) is 6.18 Å². The van der Waals surface area contributed by atoms with Crippen LogP contribution in [0.1, 0.15) is 34.4 Å². The van der Waals surface area contributed by atoms with Crippen molar-refractivity contribution in [3.63, 3.8) is 0 Å². The highest BCUT2D eigenvalue weighted by molar-refractivity contribution is 7.15. The normalized spacial score (nSPS) is 19.8. The molecule has 1 unspecified atom stereocenters. The quantitative estimate of drug-likeness (QED) is 0.397. The third kappa shape index (κ3) is 5.63. The number of benzene rings is 1. The van der Waals surface area contributed by atoms with E-state index in [1.165, 1.54) is 18.2 Å². The van der Waals surface area contributed by atoms with Gasteiger partial charge in [0.1, 0.15) is 17.3 Å². The van der Waals surface area contributed by atoms with Crippen LogP contribution in [0.25, 0.3) is 10.4 Å². The average Bonchev–Trinajstić information content (AvgIpc) is 3.18. The van der Waals surface area contributed by atoms with E-state index >= 15 is 0 Å². The van der Waals surface area contributed by atoms with E-state index in [0.717, 1.165) is 28.4 Å². The molecule has 192 valence electrons. The number of anilines is 1. The van der Waals surface area contributed by atoms with Gasteiger partial charge in [0.05, 0.1) is 28.0 Å². The smallest absolute Gasteiger partial charge is 0.368 e. The first-order valence-electron chi connectivity index (χ1n) is 11.0. The molecule has 5 nitrogen and oxygen atoms in total. The number of aryl methyl sites for hydroxylation is 1. The van der Waals surface area contributed by atoms with Crippen molar-refractivity contribution in [1.82, 2.24) is 14.9 Å². The molecule has 1 amide bonds. The number of aromatic nitrogens is 2. The van der Waals surface area contributed by atoms with E-state index in [1.54, 1.807) is 19.9 Å². The molecule has 1 saturated heterocycles. The lowest BCUT2D eigenvalue weighted by Gasteiger charge is -2.43. The standard InChI is InChI=1S/C24H22F6N4OS/c1-13-9-23(26,27)12-34(18(13)11-32-19-7-6-16(10-31-19)24(28,29)30)22(35)20-21(36-14(2)33-20)15-4-3-5-17(25)8-15/h3-8,10,13,18H,9,11-12H2,1-2H3,(H,31,32)/t13-,18?/m1/s1. The van der Waals surface area contributed by atoms with E-state index in [2.05, 4.69) is 15.3 Å². The number of pyridine rings is 1. The number of carbonyl (C=O) groups excluding carboxylic acids is 1. The second-order valence-corrected chi connectivity index (χ2v) is 9.97. The monoisotopic (exact) mass is 528 g/mol. The molecule has 3 aromatic rings. The summed E-state index contributed by atoms with van der Waals surface area (Å²) >= 11 is 1.15. The number of nitrogens with one attached hydrogen (secondary N) is 1. The van der Waals surface area contributed by atoms with Gasteiger partial charge in [-0.15, -0.1) is 11.3 Å². The first-order chi connectivity index (χ1) is 16.8. The van der Waals surface area contributed by atoms with Gasteiger partial charge in [-0.25, -0.2) is 23.1 Å². The van der Waals surface area contributed by atoms with Crippen LogP contribution >= 0.6 is 11.3 Å². The van der Waals surface area contributed by atoms with Gasteiger partial charge in [0, 0.05) is 19.2 Å². The van der Waals surface area contributed by atoms with Gasteiger partial charge >= 0.3 is 6.18 Å². The summed E-state index contributed by atoms with van der Waals surface area (Å²) in [4.78, 5) is 23.0. The third-order valence-corrected chi connectivity index (χ3v) is 6.97. The number of nitrogens with zero attached hydrogens (tertiary/aromatic N) is 3. The van der Waals surface area contributed by atoms with E-state index in [0.29, 0.717) is 21.6 Å². The highest BCUT2D eigenvalue weighted by Gasteiger charge is 2.46. The summed E-state index contributed by atoms with van der Waals surface area (Å²) in [5, 5.41) is 3.37. The molecule has 1 N–H and O–H groups in total. The summed E-state index contributed by atoms with van der Waals surface area (Å²) < 4.78 is 81.3. The van der Waals surface area contributed by atoms with Crippen LogP contribution in [0.2, 0.25) is 0 Å². The second-order valence-electron chi connectivity index (χ2n) is 8.77. The summed E-state index contributed by atoms with van der Waals surface area (Å²) in [6, 6.07) is 6.87. The van der Waals surface area contributed by atoms with Gasteiger partial charge in [-0.2, -0.15) is 13.2 Å². The Morgan fingerprint density at radius 3 is 2.64 bits per heavy atom. The Hall–Kier alpha value is -3.15. The maximum Gasteiger partial charge on any atom is 0.417 e. The van der Waals surface area contributed by atoms with E-state index < -0.39 is 54.3 Å². The van der Waals surface area contributed by atoms with Crippen molar-refractivity contribution in [3.8, 4) is 10.4 Å². The number of hydrogen-bond donors (Lipinski definition) is 1. The number of likely N-dealkylation sites (tertiary alicyclic amines) is 1.